The van der Waals surface area contributed by atoms with Crippen LogP contribution in [0.4, 0.5) is 13.2 Å². The van der Waals surface area contributed by atoms with Crippen molar-refractivity contribution >= 4 is 21.8 Å². The van der Waals surface area contributed by atoms with Gasteiger partial charge in [-0.15, -0.1) is 13.2 Å². The Morgan fingerprint density at radius 1 is 1.05 bits per heavy atom. The second kappa shape index (κ2) is 5.77. The molecule has 7 heteroatoms. The number of hydrogen-bond donors (Lipinski definition) is 1. The summed E-state index contributed by atoms with van der Waals surface area (Å²) < 4.78 is 40.6. The molecule has 0 spiro atoms. The molecule has 0 heterocycles. The fourth-order valence-electron chi connectivity index (χ4n) is 1.74. The molecule has 2 aromatic carbocycles. The molecule has 0 fully saturated rings. The maximum Gasteiger partial charge on any atom is 0.573 e. The summed E-state index contributed by atoms with van der Waals surface area (Å²) in [6.07, 6.45) is -4.72. The average Bonchev–Trinajstić information content (AvgIpc) is 2.38. The molecular weight excluding hydrogens is 351 g/mol. The van der Waals surface area contributed by atoms with Crippen molar-refractivity contribution in [1.29, 1.82) is 0 Å². The van der Waals surface area contributed by atoms with Gasteiger partial charge in [-0.1, -0.05) is 18.2 Å². The fraction of sp³-hybridized carbons (Fsp3) is 0.0714. The maximum absolute atomic E-state index is 12.1. The molecule has 0 radical (unpaired) electrons. The van der Waals surface area contributed by atoms with Crippen molar-refractivity contribution in [2.45, 2.75) is 6.36 Å². The van der Waals surface area contributed by atoms with E-state index in [0.717, 1.165) is 0 Å². The molecule has 0 bridgehead atoms. The number of halogens is 4. The highest BCUT2D eigenvalue weighted by molar-refractivity contribution is 9.10. The van der Waals surface area contributed by atoms with E-state index < -0.39 is 12.3 Å². The maximum atomic E-state index is 12.1. The summed E-state index contributed by atoms with van der Waals surface area (Å²) in [4.78, 5) is 11.3. The highest BCUT2D eigenvalue weighted by atomic mass is 79.9. The van der Waals surface area contributed by atoms with Crippen LogP contribution in [0.3, 0.4) is 0 Å². The van der Waals surface area contributed by atoms with E-state index in [1.165, 1.54) is 24.3 Å². The van der Waals surface area contributed by atoms with Crippen LogP contribution in [-0.2, 0) is 0 Å². The molecule has 0 aliphatic carbocycles. The first-order chi connectivity index (χ1) is 9.76. The first-order valence-electron chi connectivity index (χ1n) is 5.72. The first kappa shape index (κ1) is 15.4. The van der Waals surface area contributed by atoms with Crippen LogP contribution in [0.2, 0.25) is 0 Å². The van der Waals surface area contributed by atoms with Crippen LogP contribution in [0.5, 0.6) is 5.75 Å². The van der Waals surface area contributed by atoms with Crippen molar-refractivity contribution in [3.8, 4) is 16.9 Å². The van der Waals surface area contributed by atoms with Gasteiger partial charge in [-0.2, -0.15) is 0 Å². The predicted molar refractivity (Wildman–Crippen MR) is 74.8 cm³/mol. The van der Waals surface area contributed by atoms with Gasteiger partial charge < -0.3 is 10.5 Å². The van der Waals surface area contributed by atoms with E-state index in [1.807, 2.05) is 0 Å². The standard InChI is InChI=1S/C14H9BrF3NO2/c15-12-6-3-9(7-11(12)13(19)20)8-1-4-10(5-2-8)21-14(16,17)18/h1-7H,(H2,19,20). The highest BCUT2D eigenvalue weighted by Gasteiger charge is 2.30. The molecule has 0 saturated heterocycles. The summed E-state index contributed by atoms with van der Waals surface area (Å²) >= 11 is 3.20. The normalized spacial score (nSPS) is 11.2. The number of primary amides is 1. The summed E-state index contributed by atoms with van der Waals surface area (Å²) in [5.41, 5.74) is 6.83. The van der Waals surface area contributed by atoms with E-state index >= 15 is 0 Å². The van der Waals surface area contributed by atoms with Crippen LogP contribution in [0, 0.1) is 0 Å². The smallest absolute Gasteiger partial charge is 0.406 e. The van der Waals surface area contributed by atoms with Gasteiger partial charge in [-0.25, -0.2) is 0 Å². The summed E-state index contributed by atoms with van der Waals surface area (Å²) in [6.45, 7) is 0. The van der Waals surface area contributed by atoms with Crippen molar-refractivity contribution in [3.05, 3.63) is 52.5 Å². The van der Waals surface area contributed by atoms with Gasteiger partial charge in [0.15, 0.2) is 0 Å². The van der Waals surface area contributed by atoms with Gasteiger partial charge >= 0.3 is 6.36 Å². The average molecular weight is 360 g/mol. The number of amides is 1. The largest absolute Gasteiger partial charge is 0.573 e. The van der Waals surface area contributed by atoms with E-state index in [1.54, 1.807) is 18.2 Å². The summed E-state index contributed by atoms with van der Waals surface area (Å²) in [7, 11) is 0. The molecule has 3 nitrogen and oxygen atoms in total. The molecule has 2 aromatic rings. The fourth-order valence-corrected chi connectivity index (χ4v) is 2.18. The van der Waals surface area contributed by atoms with Crippen LogP contribution in [-0.4, -0.2) is 12.3 Å². The third-order valence-corrected chi connectivity index (χ3v) is 3.34. The molecule has 1 amide bonds. The third-order valence-electron chi connectivity index (χ3n) is 2.65. The van der Waals surface area contributed by atoms with Crippen LogP contribution in [0.25, 0.3) is 11.1 Å². The Hall–Kier alpha value is -2.02. The van der Waals surface area contributed by atoms with Crippen LogP contribution in [0.15, 0.2) is 46.9 Å². The highest BCUT2D eigenvalue weighted by Crippen LogP contribution is 2.28. The Morgan fingerprint density at radius 2 is 1.62 bits per heavy atom. The summed E-state index contributed by atoms with van der Waals surface area (Å²) in [5.74, 6) is -0.903. The lowest BCUT2D eigenvalue weighted by molar-refractivity contribution is -0.274. The zero-order valence-electron chi connectivity index (χ0n) is 10.4. The number of benzene rings is 2. The number of alkyl halides is 3. The monoisotopic (exact) mass is 359 g/mol. The number of hydrogen-bond acceptors (Lipinski definition) is 2. The molecule has 0 saturated carbocycles. The number of nitrogens with two attached hydrogens (primary N) is 1. The van der Waals surface area contributed by atoms with Crippen molar-refractivity contribution in [1.82, 2.24) is 0 Å². The summed E-state index contributed by atoms with van der Waals surface area (Å²) in [5, 5.41) is 0. The van der Waals surface area contributed by atoms with Gasteiger partial charge in [0, 0.05) is 4.47 Å². The number of carbonyl (C=O) groups excluding carboxylic acids is 1. The van der Waals surface area contributed by atoms with E-state index in [9.17, 15) is 18.0 Å². The Balaban J connectivity index is 2.31. The van der Waals surface area contributed by atoms with Crippen molar-refractivity contribution in [3.63, 3.8) is 0 Å². The van der Waals surface area contributed by atoms with Gasteiger partial charge in [0.1, 0.15) is 5.75 Å². The second-order valence-electron chi connectivity index (χ2n) is 4.13. The molecule has 0 unspecified atom stereocenters. The molecule has 110 valence electrons. The molecular formula is C14H9BrF3NO2. The molecule has 0 atom stereocenters. The molecule has 2 N–H and O–H groups in total. The van der Waals surface area contributed by atoms with Crippen LogP contribution >= 0.6 is 15.9 Å². The summed E-state index contributed by atoms with van der Waals surface area (Å²) in [6, 6.07) is 10.3. The Kier molecular flexibility index (Phi) is 4.22. The topological polar surface area (TPSA) is 52.3 Å². The van der Waals surface area contributed by atoms with Crippen LogP contribution in [0.1, 0.15) is 10.4 Å². The zero-order chi connectivity index (χ0) is 15.6. The molecule has 0 aliphatic rings. The molecule has 21 heavy (non-hydrogen) atoms. The van der Waals surface area contributed by atoms with Gasteiger partial charge in [-0.3, -0.25) is 4.79 Å². The number of rotatable bonds is 3. The predicted octanol–water partition coefficient (Wildman–Crippen LogP) is 4.11. The lowest BCUT2D eigenvalue weighted by Crippen LogP contribution is -2.16. The zero-order valence-corrected chi connectivity index (χ0v) is 12.0. The molecule has 2 rings (SSSR count). The second-order valence-corrected chi connectivity index (χ2v) is 4.99. The lowest BCUT2D eigenvalue weighted by Gasteiger charge is -2.10. The Morgan fingerprint density at radius 3 is 2.14 bits per heavy atom. The molecule has 0 aromatic heterocycles. The third kappa shape index (κ3) is 3.98. The van der Waals surface area contributed by atoms with Gasteiger partial charge in [0.05, 0.1) is 5.56 Å². The Labute approximate surface area is 126 Å². The SMILES string of the molecule is NC(=O)c1cc(-c2ccc(OC(F)(F)F)cc2)ccc1Br. The van der Waals surface area contributed by atoms with E-state index in [-0.39, 0.29) is 5.75 Å². The van der Waals surface area contributed by atoms with Crippen LogP contribution < -0.4 is 10.5 Å². The van der Waals surface area contributed by atoms with E-state index in [2.05, 4.69) is 20.7 Å². The van der Waals surface area contributed by atoms with Gasteiger partial charge in [0.2, 0.25) is 5.91 Å². The van der Waals surface area contributed by atoms with E-state index in [4.69, 9.17) is 5.73 Å². The van der Waals surface area contributed by atoms with Gasteiger partial charge in [-0.05, 0) is 51.3 Å². The lowest BCUT2D eigenvalue weighted by atomic mass is 10.0. The van der Waals surface area contributed by atoms with E-state index in [0.29, 0.717) is 21.2 Å². The minimum Gasteiger partial charge on any atom is -0.406 e. The van der Waals surface area contributed by atoms with Gasteiger partial charge in [0.25, 0.3) is 0 Å². The quantitative estimate of drug-likeness (QED) is 0.896. The minimum atomic E-state index is -4.72. The number of carbonyl (C=O) groups is 1. The van der Waals surface area contributed by atoms with Crippen molar-refractivity contribution in [2.75, 3.05) is 0 Å². The number of ether oxygens (including phenoxy) is 1. The first-order valence-corrected chi connectivity index (χ1v) is 6.51. The van der Waals surface area contributed by atoms with Crippen molar-refractivity contribution in [2.24, 2.45) is 5.73 Å². The minimum absolute atomic E-state index is 0.295. The Bertz CT molecular complexity index is 669. The molecule has 0 aliphatic heterocycles. The van der Waals surface area contributed by atoms with Crippen molar-refractivity contribution < 1.29 is 22.7 Å².